The van der Waals surface area contributed by atoms with Gasteiger partial charge in [0.05, 0.1) is 22.5 Å². The zero-order chi connectivity index (χ0) is 28.9. The summed E-state index contributed by atoms with van der Waals surface area (Å²) in [6.45, 7) is 1.54. The molecule has 12 nitrogen and oxygen atoms in total. The van der Waals surface area contributed by atoms with E-state index < -0.39 is 24.1 Å². The van der Waals surface area contributed by atoms with Crippen molar-refractivity contribution < 1.29 is 39.2 Å². The van der Waals surface area contributed by atoms with Crippen molar-refractivity contribution in [3.05, 3.63) is 63.1 Å². The van der Waals surface area contributed by atoms with Crippen LogP contribution in [0.2, 0.25) is 15.3 Å². The summed E-state index contributed by atoms with van der Waals surface area (Å²) in [7, 11) is 1.74. The second kappa shape index (κ2) is 13.3. The van der Waals surface area contributed by atoms with Gasteiger partial charge in [-0.15, -0.1) is 0 Å². The van der Waals surface area contributed by atoms with Crippen molar-refractivity contribution in [1.29, 1.82) is 0 Å². The molecule has 6 N–H and O–H groups in total. The molecule has 3 heterocycles. The number of benzene rings is 1. The van der Waals surface area contributed by atoms with E-state index in [1.807, 2.05) is 24.3 Å². The number of halogens is 3. The lowest BCUT2D eigenvalue weighted by molar-refractivity contribution is -0.165. The number of hydrogen-bond donors (Lipinski definition) is 6. The largest absolute Gasteiger partial charge is 0.479 e. The van der Waals surface area contributed by atoms with Crippen molar-refractivity contribution in [3.8, 4) is 11.3 Å². The SMILES string of the molecule is Cn1ncc(Cl)c1-c1cc(C(=O)NC2CNCCC2c2ccc(Cl)cc2)oc1Cl.O=C(O)[C@H](O)[C@@H](O)C(=O)O. The fourth-order valence-electron chi connectivity index (χ4n) is 3.98. The van der Waals surface area contributed by atoms with Gasteiger partial charge < -0.3 is 35.5 Å². The van der Waals surface area contributed by atoms with Crippen molar-refractivity contribution in [3.63, 3.8) is 0 Å². The van der Waals surface area contributed by atoms with Crippen LogP contribution in [0.25, 0.3) is 11.3 Å². The number of carbonyl (C=O) groups excluding carboxylic acids is 1. The first-order chi connectivity index (χ1) is 18.4. The number of nitrogens with one attached hydrogen (secondary N) is 2. The Morgan fingerprint density at radius 3 is 2.26 bits per heavy atom. The van der Waals surface area contributed by atoms with E-state index in [2.05, 4.69) is 15.7 Å². The summed E-state index contributed by atoms with van der Waals surface area (Å²) in [5.41, 5.74) is 2.26. The lowest BCUT2D eigenvalue weighted by Gasteiger charge is -2.33. The number of aliphatic hydroxyl groups is 2. The number of furan rings is 1. The van der Waals surface area contributed by atoms with Crippen molar-refractivity contribution >= 4 is 52.6 Å². The van der Waals surface area contributed by atoms with Crippen LogP contribution in [0.5, 0.6) is 0 Å². The van der Waals surface area contributed by atoms with Crippen LogP contribution in [-0.2, 0) is 16.6 Å². The second-order valence-electron chi connectivity index (χ2n) is 8.56. The Morgan fingerprint density at radius 2 is 1.72 bits per heavy atom. The number of aromatic nitrogens is 2. The van der Waals surface area contributed by atoms with Gasteiger partial charge in [-0.1, -0.05) is 35.3 Å². The fraction of sp³-hybridized carbons (Fsp3) is 0.333. The van der Waals surface area contributed by atoms with Crippen LogP contribution in [0, 0.1) is 0 Å². The number of carboxylic acids is 2. The number of aliphatic carboxylic acids is 2. The monoisotopic (exact) mass is 602 g/mol. The van der Waals surface area contributed by atoms with Gasteiger partial charge in [-0.05, 0) is 42.3 Å². The van der Waals surface area contributed by atoms with Gasteiger partial charge in [0, 0.05) is 36.6 Å². The van der Waals surface area contributed by atoms with Crippen molar-refractivity contribution in [2.24, 2.45) is 7.05 Å². The topological polar surface area (TPSA) is 187 Å². The molecule has 1 amide bonds. The molecule has 0 aliphatic carbocycles. The summed E-state index contributed by atoms with van der Waals surface area (Å²) < 4.78 is 7.11. The Bertz CT molecular complexity index is 1290. The van der Waals surface area contributed by atoms with Gasteiger partial charge in [0.15, 0.2) is 18.0 Å². The molecule has 1 aliphatic heterocycles. The number of amides is 1. The fourth-order valence-corrected chi connectivity index (χ4v) is 4.61. The number of carboxylic acid groups (broad SMARTS) is 2. The zero-order valence-corrected chi connectivity index (χ0v) is 22.6. The first-order valence-corrected chi connectivity index (χ1v) is 12.6. The molecule has 2 unspecified atom stereocenters. The van der Waals surface area contributed by atoms with Gasteiger partial charge in [0.2, 0.25) is 5.22 Å². The van der Waals surface area contributed by atoms with Crippen LogP contribution in [0.1, 0.15) is 28.5 Å². The zero-order valence-electron chi connectivity index (χ0n) is 20.3. The Morgan fingerprint density at radius 1 is 1.10 bits per heavy atom. The Labute approximate surface area is 237 Å². The maximum atomic E-state index is 12.9. The molecular weight excluding hydrogens is 579 g/mol. The number of piperidine rings is 1. The smallest absolute Gasteiger partial charge is 0.335 e. The Kier molecular flexibility index (Phi) is 10.4. The summed E-state index contributed by atoms with van der Waals surface area (Å²) in [5.74, 6) is -3.56. The molecule has 1 aromatic carbocycles. The first-order valence-electron chi connectivity index (χ1n) is 11.5. The molecule has 1 fully saturated rings. The summed E-state index contributed by atoms with van der Waals surface area (Å²) in [5, 5.41) is 44.2. The van der Waals surface area contributed by atoms with E-state index in [0.29, 0.717) is 27.8 Å². The van der Waals surface area contributed by atoms with Crippen LogP contribution in [0.15, 0.2) is 40.9 Å². The number of aryl methyl sites for hydroxylation is 1. The molecule has 1 aliphatic rings. The highest BCUT2D eigenvalue weighted by Gasteiger charge is 2.30. The second-order valence-corrected chi connectivity index (χ2v) is 9.75. The van der Waals surface area contributed by atoms with Gasteiger partial charge in [0.1, 0.15) is 0 Å². The van der Waals surface area contributed by atoms with Crippen molar-refractivity contribution in [2.75, 3.05) is 13.1 Å². The predicted molar refractivity (Wildman–Crippen MR) is 141 cm³/mol. The van der Waals surface area contributed by atoms with E-state index in [0.717, 1.165) is 18.5 Å². The molecule has 3 aromatic rings. The molecule has 210 valence electrons. The molecule has 1 saturated heterocycles. The van der Waals surface area contributed by atoms with E-state index in [1.54, 1.807) is 17.8 Å². The molecule has 0 spiro atoms. The molecule has 15 heteroatoms. The van der Waals surface area contributed by atoms with Crippen LogP contribution in [0.3, 0.4) is 0 Å². The minimum absolute atomic E-state index is 0.0926. The Hall–Kier alpha value is -3.13. The van der Waals surface area contributed by atoms with E-state index >= 15 is 0 Å². The first kappa shape index (κ1) is 30.4. The molecular formula is C24H25Cl3N4O8. The normalized spacial score (nSPS) is 18.4. The van der Waals surface area contributed by atoms with Crippen molar-refractivity contribution in [1.82, 2.24) is 20.4 Å². The van der Waals surface area contributed by atoms with Crippen LogP contribution >= 0.6 is 34.8 Å². The quantitative estimate of drug-likeness (QED) is 0.234. The van der Waals surface area contributed by atoms with Gasteiger partial charge in [-0.2, -0.15) is 5.10 Å². The highest BCUT2D eigenvalue weighted by atomic mass is 35.5. The van der Waals surface area contributed by atoms with Crippen molar-refractivity contribution in [2.45, 2.75) is 30.6 Å². The number of carbonyl (C=O) groups is 3. The molecule has 0 radical (unpaired) electrons. The van der Waals surface area contributed by atoms with Gasteiger partial charge in [-0.3, -0.25) is 9.48 Å². The highest BCUT2D eigenvalue weighted by molar-refractivity contribution is 6.35. The van der Waals surface area contributed by atoms with E-state index in [-0.39, 0.29) is 28.8 Å². The number of aliphatic hydroxyl groups excluding tert-OH is 2. The third-order valence-corrected chi connectivity index (χ3v) is 6.77. The summed E-state index contributed by atoms with van der Waals surface area (Å²) in [6.07, 6.45) is -2.11. The van der Waals surface area contributed by atoms with Crippen LogP contribution in [0.4, 0.5) is 0 Å². The minimum Gasteiger partial charge on any atom is -0.479 e. The summed E-state index contributed by atoms with van der Waals surface area (Å²) >= 11 is 18.4. The number of rotatable bonds is 7. The molecule has 0 saturated carbocycles. The molecule has 4 atom stereocenters. The third-order valence-electron chi connectivity index (χ3n) is 5.96. The van der Waals surface area contributed by atoms with E-state index in [1.165, 1.54) is 6.20 Å². The number of nitrogens with zero attached hydrogens (tertiary/aromatic N) is 2. The standard InChI is InChI=1S/C20H19Cl3N4O2.C4H6O6/c1-27-18(15(22)9-25-27)14-8-17(29-19(14)23)20(28)26-16-10-24-7-6-13(16)11-2-4-12(21)5-3-11;5-1(3(7)8)2(6)4(9)10/h2-5,8-9,13,16,24H,6-7,10H2,1H3,(H,26,28);1-2,5-6H,(H,7,8)(H,9,10)/t;1-,2-/m.1/s1. The van der Waals surface area contributed by atoms with E-state index in [9.17, 15) is 14.4 Å². The lowest BCUT2D eigenvalue weighted by Crippen LogP contribution is -2.50. The summed E-state index contributed by atoms with van der Waals surface area (Å²) in [6, 6.07) is 9.24. The average molecular weight is 604 g/mol. The lowest BCUT2D eigenvalue weighted by atomic mass is 9.86. The summed E-state index contributed by atoms with van der Waals surface area (Å²) in [4.78, 5) is 32.4. The van der Waals surface area contributed by atoms with Crippen LogP contribution in [-0.4, -0.2) is 79.4 Å². The minimum atomic E-state index is -2.27. The predicted octanol–water partition coefficient (Wildman–Crippen LogP) is 2.39. The van der Waals surface area contributed by atoms with E-state index in [4.69, 9.17) is 59.6 Å². The van der Waals surface area contributed by atoms with Gasteiger partial charge in [-0.25, -0.2) is 9.59 Å². The maximum absolute atomic E-state index is 12.9. The Balaban J connectivity index is 0.000000360. The molecule has 4 rings (SSSR count). The molecule has 2 aromatic heterocycles. The highest BCUT2D eigenvalue weighted by Crippen LogP contribution is 2.35. The maximum Gasteiger partial charge on any atom is 0.335 e. The van der Waals surface area contributed by atoms with Gasteiger partial charge in [0.25, 0.3) is 5.91 Å². The molecule has 0 bridgehead atoms. The van der Waals surface area contributed by atoms with Crippen LogP contribution < -0.4 is 10.6 Å². The van der Waals surface area contributed by atoms with Gasteiger partial charge >= 0.3 is 11.9 Å². The number of hydrogen-bond acceptors (Lipinski definition) is 8. The third kappa shape index (κ3) is 7.50. The average Bonchev–Trinajstić information content (AvgIpc) is 3.44. The molecule has 39 heavy (non-hydrogen) atoms.